The van der Waals surface area contributed by atoms with Crippen LogP contribution in [-0.4, -0.2) is 16.5 Å². The van der Waals surface area contributed by atoms with Crippen molar-refractivity contribution in [1.29, 1.82) is 0 Å². The molecule has 0 spiro atoms. The van der Waals surface area contributed by atoms with Crippen LogP contribution in [0.25, 0.3) is 0 Å². The summed E-state index contributed by atoms with van der Waals surface area (Å²) in [7, 11) is 0. The third-order valence-electron chi connectivity index (χ3n) is 2.56. The summed E-state index contributed by atoms with van der Waals surface area (Å²) in [5.41, 5.74) is 0.663. The van der Waals surface area contributed by atoms with Crippen molar-refractivity contribution in [2.24, 2.45) is 0 Å². The van der Waals surface area contributed by atoms with E-state index in [1.165, 1.54) is 6.07 Å². The summed E-state index contributed by atoms with van der Waals surface area (Å²) in [4.78, 5) is 8.26. The van der Waals surface area contributed by atoms with E-state index in [9.17, 15) is 8.78 Å². The molecule has 20 heavy (non-hydrogen) atoms. The fourth-order valence-electron chi connectivity index (χ4n) is 1.51. The lowest BCUT2D eigenvalue weighted by atomic mass is 10.3. The van der Waals surface area contributed by atoms with E-state index in [4.69, 9.17) is 4.74 Å². The lowest BCUT2D eigenvalue weighted by Gasteiger charge is -2.10. The minimum Gasteiger partial charge on any atom is -0.435 e. The normalized spacial score (nSPS) is 10.4. The number of anilines is 1. The average Bonchev–Trinajstić information content (AvgIpc) is 2.42. The van der Waals surface area contributed by atoms with Crippen molar-refractivity contribution in [2.45, 2.75) is 20.3 Å². The highest BCUT2D eigenvalue weighted by molar-refractivity contribution is 5.36. The van der Waals surface area contributed by atoms with Crippen molar-refractivity contribution in [2.75, 3.05) is 11.9 Å². The highest BCUT2D eigenvalue weighted by atomic mass is 19.1. The van der Waals surface area contributed by atoms with Crippen LogP contribution in [0.15, 0.2) is 24.4 Å². The molecule has 1 aromatic heterocycles. The summed E-state index contributed by atoms with van der Waals surface area (Å²) < 4.78 is 31.8. The van der Waals surface area contributed by atoms with E-state index in [2.05, 4.69) is 15.3 Å². The Bertz CT molecular complexity index is 605. The Hall–Kier alpha value is -2.24. The van der Waals surface area contributed by atoms with Crippen LogP contribution in [0.4, 0.5) is 14.7 Å². The van der Waals surface area contributed by atoms with Crippen LogP contribution in [0.2, 0.25) is 0 Å². The number of aryl methyl sites for hydroxylation is 1. The van der Waals surface area contributed by atoms with Gasteiger partial charge >= 0.3 is 0 Å². The van der Waals surface area contributed by atoms with Gasteiger partial charge in [0, 0.05) is 24.4 Å². The molecule has 0 fully saturated rings. The van der Waals surface area contributed by atoms with Crippen LogP contribution < -0.4 is 10.1 Å². The predicted octanol–water partition coefficient (Wildman–Crippen LogP) is 3.68. The summed E-state index contributed by atoms with van der Waals surface area (Å²) in [6, 6.07) is 3.12. The lowest BCUT2D eigenvalue weighted by Crippen LogP contribution is -2.05. The van der Waals surface area contributed by atoms with Gasteiger partial charge in [0.1, 0.15) is 5.82 Å². The number of halogens is 2. The highest BCUT2D eigenvalue weighted by Gasteiger charge is 2.10. The first-order valence-electron chi connectivity index (χ1n) is 6.30. The maximum Gasteiger partial charge on any atom is 0.227 e. The molecule has 4 nitrogen and oxygen atoms in total. The summed E-state index contributed by atoms with van der Waals surface area (Å²) in [5, 5.41) is 3.02. The van der Waals surface area contributed by atoms with E-state index in [0.717, 1.165) is 25.1 Å². The molecule has 2 rings (SSSR count). The van der Waals surface area contributed by atoms with Crippen LogP contribution in [0.1, 0.15) is 18.9 Å². The fraction of sp³-hybridized carbons (Fsp3) is 0.286. The Balaban J connectivity index is 2.23. The Morgan fingerprint density at radius 3 is 2.80 bits per heavy atom. The van der Waals surface area contributed by atoms with Gasteiger partial charge in [0.15, 0.2) is 11.6 Å². The maximum atomic E-state index is 13.5. The smallest absolute Gasteiger partial charge is 0.227 e. The van der Waals surface area contributed by atoms with Gasteiger partial charge in [-0.2, -0.15) is 4.98 Å². The molecule has 1 N–H and O–H groups in total. The van der Waals surface area contributed by atoms with Crippen molar-refractivity contribution in [3.05, 3.63) is 41.6 Å². The van der Waals surface area contributed by atoms with Crippen molar-refractivity contribution < 1.29 is 13.5 Å². The minimum atomic E-state index is -0.772. The van der Waals surface area contributed by atoms with Gasteiger partial charge in [-0.05, 0) is 25.5 Å². The molecule has 0 aliphatic rings. The number of nitrogens with one attached hydrogen (secondary N) is 1. The van der Waals surface area contributed by atoms with E-state index in [-0.39, 0.29) is 11.6 Å². The van der Waals surface area contributed by atoms with Gasteiger partial charge in [0.25, 0.3) is 0 Å². The number of hydrogen-bond donors (Lipinski definition) is 1. The second-order valence-corrected chi connectivity index (χ2v) is 4.29. The van der Waals surface area contributed by atoms with E-state index in [1.54, 1.807) is 13.1 Å². The average molecular weight is 279 g/mol. The van der Waals surface area contributed by atoms with E-state index < -0.39 is 11.6 Å². The number of nitrogens with zero attached hydrogens (tertiary/aromatic N) is 2. The maximum absolute atomic E-state index is 13.5. The molecule has 0 saturated heterocycles. The zero-order valence-electron chi connectivity index (χ0n) is 11.3. The molecule has 6 heteroatoms. The molecule has 0 saturated carbocycles. The molecule has 2 aromatic rings. The van der Waals surface area contributed by atoms with E-state index in [1.807, 2.05) is 6.92 Å². The Labute approximate surface area is 115 Å². The summed E-state index contributed by atoms with van der Waals surface area (Å²) in [6.45, 7) is 4.50. The van der Waals surface area contributed by atoms with Gasteiger partial charge in [-0.3, -0.25) is 0 Å². The largest absolute Gasteiger partial charge is 0.435 e. The lowest BCUT2D eigenvalue weighted by molar-refractivity contribution is 0.420. The van der Waals surface area contributed by atoms with Crippen LogP contribution in [0, 0.1) is 18.6 Å². The quantitative estimate of drug-likeness (QED) is 0.907. The van der Waals surface area contributed by atoms with E-state index in [0.29, 0.717) is 11.5 Å². The van der Waals surface area contributed by atoms with Gasteiger partial charge in [-0.1, -0.05) is 6.92 Å². The zero-order valence-corrected chi connectivity index (χ0v) is 11.3. The first-order chi connectivity index (χ1) is 9.60. The SMILES string of the molecule is CCCNc1ncc(C)c(Oc2ccc(F)cc2F)n1. The van der Waals surface area contributed by atoms with Gasteiger partial charge < -0.3 is 10.1 Å². The topological polar surface area (TPSA) is 47.0 Å². The van der Waals surface area contributed by atoms with Crippen LogP contribution >= 0.6 is 0 Å². The molecular weight excluding hydrogens is 264 g/mol. The Morgan fingerprint density at radius 1 is 1.30 bits per heavy atom. The Kier molecular flexibility index (Phi) is 4.45. The predicted molar refractivity (Wildman–Crippen MR) is 72.0 cm³/mol. The van der Waals surface area contributed by atoms with Gasteiger partial charge in [-0.25, -0.2) is 13.8 Å². The van der Waals surface area contributed by atoms with Gasteiger partial charge in [0.05, 0.1) is 0 Å². The highest BCUT2D eigenvalue weighted by Crippen LogP contribution is 2.26. The van der Waals surface area contributed by atoms with Crippen LogP contribution in [0.5, 0.6) is 11.6 Å². The third-order valence-corrected chi connectivity index (χ3v) is 2.56. The first kappa shape index (κ1) is 14.2. The molecule has 0 unspecified atom stereocenters. The molecule has 0 radical (unpaired) electrons. The minimum absolute atomic E-state index is 0.0744. The molecule has 0 aliphatic carbocycles. The number of benzene rings is 1. The summed E-state index contributed by atoms with van der Waals surface area (Å²) in [5.74, 6) is -0.848. The number of hydrogen-bond acceptors (Lipinski definition) is 4. The standard InChI is InChI=1S/C14H15F2N3O/c1-3-6-17-14-18-8-9(2)13(19-14)20-12-5-4-10(15)7-11(12)16/h4-5,7-8H,3,6H2,1-2H3,(H,17,18,19). The molecule has 106 valence electrons. The monoisotopic (exact) mass is 279 g/mol. The van der Waals surface area contributed by atoms with Gasteiger partial charge in [-0.15, -0.1) is 0 Å². The second-order valence-electron chi connectivity index (χ2n) is 4.29. The van der Waals surface area contributed by atoms with Gasteiger partial charge in [0.2, 0.25) is 11.8 Å². The molecule has 0 aliphatic heterocycles. The fourth-order valence-corrected chi connectivity index (χ4v) is 1.51. The number of rotatable bonds is 5. The third kappa shape index (κ3) is 3.40. The van der Waals surface area contributed by atoms with Crippen molar-refractivity contribution in [3.63, 3.8) is 0 Å². The molecule has 0 bridgehead atoms. The van der Waals surface area contributed by atoms with Crippen molar-refractivity contribution >= 4 is 5.95 Å². The van der Waals surface area contributed by atoms with E-state index >= 15 is 0 Å². The summed E-state index contributed by atoms with van der Waals surface area (Å²) >= 11 is 0. The zero-order chi connectivity index (χ0) is 14.5. The molecule has 1 aromatic carbocycles. The van der Waals surface area contributed by atoms with Crippen LogP contribution in [-0.2, 0) is 0 Å². The summed E-state index contributed by atoms with van der Waals surface area (Å²) in [6.07, 6.45) is 2.52. The second kappa shape index (κ2) is 6.27. The molecule has 1 heterocycles. The molecule has 0 amide bonds. The molecule has 0 atom stereocenters. The number of aromatic nitrogens is 2. The van der Waals surface area contributed by atoms with Crippen molar-refractivity contribution in [1.82, 2.24) is 9.97 Å². The first-order valence-corrected chi connectivity index (χ1v) is 6.30. The Morgan fingerprint density at radius 2 is 2.10 bits per heavy atom. The number of ether oxygens (including phenoxy) is 1. The molecular formula is C14H15F2N3O. The van der Waals surface area contributed by atoms with Crippen LogP contribution in [0.3, 0.4) is 0 Å². The van der Waals surface area contributed by atoms with Crippen molar-refractivity contribution in [3.8, 4) is 11.6 Å².